The van der Waals surface area contributed by atoms with Gasteiger partial charge in [-0.2, -0.15) is 13.2 Å². The number of carbonyl (C=O) groups is 1. The van der Waals surface area contributed by atoms with Crippen LogP contribution in [0.25, 0.3) is 10.2 Å². The number of hydrogen-bond acceptors (Lipinski definition) is 6. The van der Waals surface area contributed by atoms with E-state index in [2.05, 4.69) is 15.3 Å². The molecule has 6 nitrogen and oxygen atoms in total. The van der Waals surface area contributed by atoms with Gasteiger partial charge in [0.05, 0.1) is 15.8 Å². The summed E-state index contributed by atoms with van der Waals surface area (Å²) >= 11 is 0.986. The Morgan fingerprint density at radius 3 is 2.68 bits per heavy atom. The summed E-state index contributed by atoms with van der Waals surface area (Å²) in [5.41, 5.74) is 5.48. The number of hydrogen-bond donors (Lipinski definition) is 3. The van der Waals surface area contributed by atoms with Gasteiger partial charge in [0.2, 0.25) is 0 Å². The van der Waals surface area contributed by atoms with E-state index in [0.717, 1.165) is 23.5 Å². The van der Waals surface area contributed by atoms with Gasteiger partial charge in [-0.25, -0.2) is 14.8 Å². The Labute approximate surface area is 143 Å². The summed E-state index contributed by atoms with van der Waals surface area (Å²) in [5, 5.41) is 11.9. The Morgan fingerprint density at radius 1 is 1.24 bits per heavy atom. The third kappa shape index (κ3) is 3.63. The average Bonchev–Trinajstić information content (AvgIpc) is 2.96. The third-order valence-electron chi connectivity index (χ3n) is 3.32. The molecular weight excluding hydrogens is 357 g/mol. The minimum absolute atomic E-state index is 0.00347. The van der Waals surface area contributed by atoms with Crippen LogP contribution in [0.1, 0.15) is 20.8 Å². The monoisotopic (exact) mass is 368 g/mol. The summed E-state index contributed by atoms with van der Waals surface area (Å²) in [6, 6.07) is 4.71. The van der Waals surface area contributed by atoms with Gasteiger partial charge in [0.25, 0.3) is 0 Å². The molecule has 25 heavy (non-hydrogen) atoms. The van der Waals surface area contributed by atoms with Crippen molar-refractivity contribution < 1.29 is 23.1 Å². The minimum atomic E-state index is -4.49. The number of halogens is 3. The first-order chi connectivity index (χ1) is 11.7. The SMILES string of the molecule is Nc1cc(CNc2ncnc3cc(C(=O)O)sc23)cc(C(F)(F)F)c1. The number of anilines is 2. The summed E-state index contributed by atoms with van der Waals surface area (Å²) in [4.78, 5) is 19.2. The van der Waals surface area contributed by atoms with Crippen LogP contribution in [0, 0.1) is 0 Å². The molecule has 3 rings (SSSR count). The smallest absolute Gasteiger partial charge is 0.416 e. The van der Waals surface area contributed by atoms with Gasteiger partial charge in [0.15, 0.2) is 0 Å². The molecule has 1 aromatic carbocycles. The topological polar surface area (TPSA) is 101 Å². The molecule has 10 heteroatoms. The maximum atomic E-state index is 12.8. The number of aromatic nitrogens is 2. The molecule has 2 heterocycles. The lowest BCUT2D eigenvalue weighted by Crippen LogP contribution is -2.09. The zero-order valence-electron chi connectivity index (χ0n) is 12.5. The van der Waals surface area contributed by atoms with Crippen molar-refractivity contribution in [1.29, 1.82) is 0 Å². The minimum Gasteiger partial charge on any atom is -0.477 e. The maximum absolute atomic E-state index is 12.8. The molecule has 0 saturated heterocycles. The van der Waals surface area contributed by atoms with Gasteiger partial charge >= 0.3 is 12.1 Å². The number of nitrogens with two attached hydrogens (primary N) is 1. The normalized spacial score (nSPS) is 11.6. The Hall–Kier alpha value is -2.88. The van der Waals surface area contributed by atoms with Crippen molar-refractivity contribution in [1.82, 2.24) is 9.97 Å². The van der Waals surface area contributed by atoms with Crippen LogP contribution in [0.4, 0.5) is 24.7 Å². The number of carboxylic acid groups (broad SMARTS) is 1. The fraction of sp³-hybridized carbons (Fsp3) is 0.133. The van der Waals surface area contributed by atoms with Crippen LogP contribution >= 0.6 is 11.3 Å². The van der Waals surface area contributed by atoms with Crippen LogP contribution in [-0.2, 0) is 12.7 Å². The molecule has 0 unspecified atom stereocenters. The molecule has 0 spiro atoms. The molecule has 0 radical (unpaired) electrons. The van der Waals surface area contributed by atoms with Crippen molar-refractivity contribution in [3.8, 4) is 0 Å². The molecular formula is C15H11F3N4O2S. The quantitative estimate of drug-likeness (QED) is 0.608. The van der Waals surface area contributed by atoms with Crippen LogP contribution in [0.3, 0.4) is 0 Å². The van der Waals surface area contributed by atoms with E-state index in [1.165, 1.54) is 18.5 Å². The van der Waals surface area contributed by atoms with Crippen LogP contribution in [0.5, 0.6) is 0 Å². The number of benzene rings is 1. The number of alkyl halides is 3. The van der Waals surface area contributed by atoms with Crippen LogP contribution in [0.2, 0.25) is 0 Å². The number of nitrogen functional groups attached to an aromatic ring is 1. The Morgan fingerprint density at radius 2 is 2.00 bits per heavy atom. The highest BCUT2D eigenvalue weighted by Gasteiger charge is 2.31. The zero-order chi connectivity index (χ0) is 18.2. The fourth-order valence-electron chi connectivity index (χ4n) is 2.26. The molecule has 2 aromatic heterocycles. The molecule has 0 bridgehead atoms. The summed E-state index contributed by atoms with van der Waals surface area (Å²) in [7, 11) is 0. The van der Waals surface area contributed by atoms with Crippen molar-refractivity contribution in [2.75, 3.05) is 11.1 Å². The van der Waals surface area contributed by atoms with Gasteiger partial charge in [-0.3, -0.25) is 0 Å². The van der Waals surface area contributed by atoms with E-state index in [4.69, 9.17) is 10.8 Å². The van der Waals surface area contributed by atoms with E-state index in [0.29, 0.717) is 21.6 Å². The molecule has 4 N–H and O–H groups in total. The molecule has 0 saturated carbocycles. The lowest BCUT2D eigenvalue weighted by molar-refractivity contribution is -0.137. The number of thiophene rings is 1. The van der Waals surface area contributed by atoms with Gasteiger partial charge in [0, 0.05) is 12.2 Å². The lowest BCUT2D eigenvalue weighted by atomic mass is 10.1. The first-order valence-corrected chi connectivity index (χ1v) is 7.74. The second-order valence-electron chi connectivity index (χ2n) is 5.17. The predicted molar refractivity (Wildman–Crippen MR) is 87.6 cm³/mol. The van der Waals surface area contributed by atoms with Crippen LogP contribution in [-0.4, -0.2) is 21.0 Å². The largest absolute Gasteiger partial charge is 0.477 e. The third-order valence-corrected chi connectivity index (χ3v) is 4.44. The average molecular weight is 368 g/mol. The molecule has 0 aliphatic heterocycles. The molecule has 0 fully saturated rings. The summed E-state index contributed by atoms with van der Waals surface area (Å²) in [6.07, 6.45) is -3.24. The Kier molecular flexibility index (Phi) is 4.21. The number of nitrogens with zero attached hydrogens (tertiary/aromatic N) is 2. The van der Waals surface area contributed by atoms with E-state index >= 15 is 0 Å². The second-order valence-corrected chi connectivity index (χ2v) is 6.22. The molecule has 130 valence electrons. The molecule has 3 aromatic rings. The highest BCUT2D eigenvalue weighted by atomic mass is 32.1. The number of fused-ring (bicyclic) bond motifs is 1. The summed E-state index contributed by atoms with van der Waals surface area (Å²) < 4.78 is 39.1. The van der Waals surface area contributed by atoms with Gasteiger partial charge in [-0.15, -0.1) is 11.3 Å². The number of nitrogens with one attached hydrogen (secondary N) is 1. The van der Waals surface area contributed by atoms with Gasteiger partial charge < -0.3 is 16.2 Å². The van der Waals surface area contributed by atoms with E-state index in [1.807, 2.05) is 0 Å². The molecule has 0 atom stereocenters. The highest BCUT2D eigenvalue weighted by Crippen LogP contribution is 2.32. The van der Waals surface area contributed by atoms with Crippen molar-refractivity contribution in [3.05, 3.63) is 46.6 Å². The standard InChI is InChI=1S/C15H11F3N4O2S/c16-15(17,18)8-1-7(2-9(19)3-8)5-20-13-12-10(21-6-22-13)4-11(25-12)14(23)24/h1-4,6H,5,19H2,(H,23,24)(H,20,21,22). The maximum Gasteiger partial charge on any atom is 0.416 e. The first-order valence-electron chi connectivity index (χ1n) is 6.92. The summed E-state index contributed by atoms with van der Waals surface area (Å²) in [6.45, 7) is 0.0422. The van der Waals surface area contributed by atoms with Crippen molar-refractivity contribution in [2.45, 2.75) is 12.7 Å². The van der Waals surface area contributed by atoms with Gasteiger partial charge in [-0.05, 0) is 29.8 Å². The molecule has 0 aliphatic rings. The predicted octanol–water partition coefficient (Wildman–Crippen LogP) is 3.60. The fourth-order valence-corrected chi connectivity index (χ4v) is 3.17. The van der Waals surface area contributed by atoms with E-state index in [9.17, 15) is 18.0 Å². The second kappa shape index (κ2) is 6.20. The highest BCUT2D eigenvalue weighted by molar-refractivity contribution is 7.21. The number of rotatable bonds is 4. The van der Waals surface area contributed by atoms with Gasteiger partial charge in [-0.1, -0.05) is 0 Å². The molecule has 0 aliphatic carbocycles. The molecule has 0 amide bonds. The van der Waals surface area contributed by atoms with Crippen molar-refractivity contribution in [2.24, 2.45) is 0 Å². The lowest BCUT2D eigenvalue weighted by Gasteiger charge is -2.11. The van der Waals surface area contributed by atoms with Crippen LogP contribution < -0.4 is 11.1 Å². The van der Waals surface area contributed by atoms with Crippen molar-refractivity contribution >= 4 is 39.0 Å². The zero-order valence-corrected chi connectivity index (χ0v) is 13.3. The van der Waals surface area contributed by atoms with E-state index in [-0.39, 0.29) is 17.1 Å². The van der Waals surface area contributed by atoms with Crippen LogP contribution in [0.15, 0.2) is 30.6 Å². The Balaban J connectivity index is 1.88. The van der Waals surface area contributed by atoms with E-state index < -0.39 is 17.7 Å². The summed E-state index contributed by atoms with van der Waals surface area (Å²) in [5.74, 6) is -0.738. The first kappa shape index (κ1) is 17.0. The van der Waals surface area contributed by atoms with E-state index in [1.54, 1.807) is 0 Å². The van der Waals surface area contributed by atoms with Gasteiger partial charge in [0.1, 0.15) is 17.0 Å². The van der Waals surface area contributed by atoms with Crippen molar-refractivity contribution in [3.63, 3.8) is 0 Å². The number of aromatic carboxylic acids is 1. The Bertz CT molecular complexity index is 956. The number of carboxylic acids is 1.